The van der Waals surface area contributed by atoms with E-state index in [9.17, 15) is 9.59 Å². The number of hydrogen-bond donors (Lipinski definition) is 2. The second-order valence-electron chi connectivity index (χ2n) is 6.47. The molecule has 7 heteroatoms. The third kappa shape index (κ3) is 4.80. The predicted molar refractivity (Wildman–Crippen MR) is 111 cm³/mol. The predicted octanol–water partition coefficient (Wildman–Crippen LogP) is 3.99. The maximum atomic E-state index is 12.8. The first-order valence-corrected chi connectivity index (χ1v) is 9.95. The largest absolute Gasteiger partial charge is 0.340 e. The Bertz CT molecular complexity index is 928. The molecular formula is C21H22N4O2S. The Balaban J connectivity index is 1.72. The van der Waals surface area contributed by atoms with Crippen molar-refractivity contribution in [2.75, 3.05) is 5.32 Å². The van der Waals surface area contributed by atoms with Crippen molar-refractivity contribution < 1.29 is 9.59 Å². The molecule has 3 rings (SSSR count). The zero-order valence-electron chi connectivity index (χ0n) is 15.8. The molecule has 0 fully saturated rings. The van der Waals surface area contributed by atoms with Gasteiger partial charge in [0, 0.05) is 11.1 Å². The molecule has 0 aliphatic carbocycles. The summed E-state index contributed by atoms with van der Waals surface area (Å²) in [7, 11) is 0. The molecule has 6 nitrogen and oxygen atoms in total. The van der Waals surface area contributed by atoms with Crippen LogP contribution in [0.2, 0.25) is 0 Å². The van der Waals surface area contributed by atoms with Crippen LogP contribution >= 0.6 is 11.3 Å². The quantitative estimate of drug-likeness (QED) is 0.635. The highest BCUT2D eigenvalue weighted by Crippen LogP contribution is 2.26. The van der Waals surface area contributed by atoms with Gasteiger partial charge in [0.15, 0.2) is 0 Å². The van der Waals surface area contributed by atoms with E-state index in [2.05, 4.69) is 20.8 Å². The molecule has 0 bridgehead atoms. The summed E-state index contributed by atoms with van der Waals surface area (Å²) in [4.78, 5) is 25.3. The van der Waals surface area contributed by atoms with Gasteiger partial charge in [0.05, 0.1) is 0 Å². The van der Waals surface area contributed by atoms with Crippen molar-refractivity contribution in [2.45, 2.75) is 26.3 Å². The second-order valence-corrected chi connectivity index (χ2v) is 7.45. The number of rotatable bonds is 7. The van der Waals surface area contributed by atoms with Gasteiger partial charge in [0.25, 0.3) is 5.91 Å². The summed E-state index contributed by atoms with van der Waals surface area (Å²) >= 11 is 1.30. The lowest BCUT2D eigenvalue weighted by Crippen LogP contribution is -2.47. The van der Waals surface area contributed by atoms with E-state index < -0.39 is 6.04 Å². The van der Waals surface area contributed by atoms with Crippen molar-refractivity contribution in [1.29, 1.82) is 0 Å². The SMILES string of the molecule is CC[C@@H](C)[C@H](NC(=O)c1ccccc1)C(=O)Nc1nnc(-c2ccccc2)s1. The third-order valence-electron chi connectivity index (χ3n) is 4.49. The number of anilines is 1. The van der Waals surface area contributed by atoms with Crippen LogP contribution in [0.3, 0.4) is 0 Å². The molecular weight excluding hydrogens is 372 g/mol. The monoisotopic (exact) mass is 394 g/mol. The number of carbonyl (C=O) groups excluding carboxylic acids is 2. The molecule has 2 N–H and O–H groups in total. The minimum Gasteiger partial charge on any atom is -0.340 e. The highest BCUT2D eigenvalue weighted by molar-refractivity contribution is 7.18. The van der Waals surface area contributed by atoms with Crippen molar-refractivity contribution in [1.82, 2.24) is 15.5 Å². The molecule has 0 radical (unpaired) electrons. The number of nitrogens with zero attached hydrogens (tertiary/aromatic N) is 2. The fraction of sp³-hybridized carbons (Fsp3) is 0.238. The van der Waals surface area contributed by atoms with E-state index in [0.717, 1.165) is 17.0 Å². The van der Waals surface area contributed by atoms with Crippen molar-refractivity contribution >= 4 is 28.3 Å². The van der Waals surface area contributed by atoms with E-state index in [1.807, 2.05) is 50.2 Å². The van der Waals surface area contributed by atoms with Gasteiger partial charge in [-0.1, -0.05) is 80.1 Å². The average molecular weight is 395 g/mol. The maximum Gasteiger partial charge on any atom is 0.251 e. The van der Waals surface area contributed by atoms with E-state index in [0.29, 0.717) is 10.7 Å². The van der Waals surface area contributed by atoms with Crippen LogP contribution in [0.15, 0.2) is 60.7 Å². The van der Waals surface area contributed by atoms with Crippen LogP contribution in [0.25, 0.3) is 10.6 Å². The summed E-state index contributed by atoms with van der Waals surface area (Å²) in [6, 6.07) is 17.9. The van der Waals surface area contributed by atoms with Gasteiger partial charge in [-0.25, -0.2) is 0 Å². The standard InChI is InChI=1S/C21H22N4O2S/c1-3-14(2)17(22-18(26)15-10-6-4-7-11-15)19(27)23-21-25-24-20(28-21)16-12-8-5-9-13-16/h4-14,17H,3H2,1-2H3,(H,22,26)(H,23,25,27)/t14-,17+/m1/s1. The normalized spacial score (nSPS) is 12.8. The molecule has 1 heterocycles. The van der Waals surface area contributed by atoms with Crippen LogP contribution in [-0.2, 0) is 4.79 Å². The molecule has 0 spiro atoms. The van der Waals surface area contributed by atoms with Crippen molar-refractivity contribution in [2.24, 2.45) is 5.92 Å². The van der Waals surface area contributed by atoms with E-state index in [1.54, 1.807) is 24.3 Å². The second kappa shape index (κ2) is 9.23. The lowest BCUT2D eigenvalue weighted by Gasteiger charge is -2.23. The first-order valence-electron chi connectivity index (χ1n) is 9.14. The van der Waals surface area contributed by atoms with Gasteiger partial charge in [0.1, 0.15) is 11.0 Å². The molecule has 1 aromatic heterocycles. The average Bonchev–Trinajstić information content (AvgIpc) is 3.21. The molecule has 0 aliphatic heterocycles. The van der Waals surface area contributed by atoms with Crippen molar-refractivity contribution in [3.8, 4) is 10.6 Å². The zero-order chi connectivity index (χ0) is 19.9. The summed E-state index contributed by atoms with van der Waals surface area (Å²) in [5.74, 6) is -0.605. The fourth-order valence-corrected chi connectivity index (χ4v) is 3.42. The molecule has 28 heavy (non-hydrogen) atoms. The summed E-state index contributed by atoms with van der Waals surface area (Å²) in [5.41, 5.74) is 1.46. The Morgan fingerprint density at radius 1 is 1.00 bits per heavy atom. The highest BCUT2D eigenvalue weighted by atomic mass is 32.1. The van der Waals surface area contributed by atoms with Gasteiger partial charge in [-0.2, -0.15) is 0 Å². The van der Waals surface area contributed by atoms with Crippen LogP contribution in [-0.4, -0.2) is 28.1 Å². The maximum absolute atomic E-state index is 12.8. The van der Waals surface area contributed by atoms with Gasteiger partial charge in [-0.15, -0.1) is 10.2 Å². The van der Waals surface area contributed by atoms with Crippen molar-refractivity contribution in [3.05, 3.63) is 66.2 Å². The Kier molecular flexibility index (Phi) is 6.49. The molecule has 0 saturated carbocycles. The highest BCUT2D eigenvalue weighted by Gasteiger charge is 2.27. The van der Waals surface area contributed by atoms with Gasteiger partial charge in [-0.05, 0) is 18.1 Å². The Morgan fingerprint density at radius 3 is 2.29 bits per heavy atom. The van der Waals surface area contributed by atoms with E-state index in [1.165, 1.54) is 11.3 Å². The summed E-state index contributed by atoms with van der Waals surface area (Å²) in [5, 5.41) is 15.0. The molecule has 3 aromatic rings. The molecule has 0 saturated heterocycles. The van der Waals surface area contributed by atoms with Gasteiger partial charge in [0.2, 0.25) is 11.0 Å². The number of carbonyl (C=O) groups is 2. The lowest BCUT2D eigenvalue weighted by molar-refractivity contribution is -0.119. The first kappa shape index (κ1) is 19.7. The van der Waals surface area contributed by atoms with Crippen LogP contribution in [0.4, 0.5) is 5.13 Å². The summed E-state index contributed by atoms with van der Waals surface area (Å²) in [6.45, 7) is 3.92. The molecule has 0 aliphatic rings. The first-order chi connectivity index (χ1) is 13.6. The Morgan fingerprint density at radius 2 is 1.64 bits per heavy atom. The van der Waals surface area contributed by atoms with Gasteiger partial charge >= 0.3 is 0 Å². The minimum atomic E-state index is -0.665. The number of aromatic nitrogens is 2. The van der Waals surface area contributed by atoms with E-state index in [-0.39, 0.29) is 17.7 Å². The third-order valence-corrected chi connectivity index (χ3v) is 5.38. The lowest BCUT2D eigenvalue weighted by atomic mass is 9.98. The van der Waals surface area contributed by atoms with Crippen molar-refractivity contribution in [3.63, 3.8) is 0 Å². The van der Waals surface area contributed by atoms with Crippen LogP contribution in [0, 0.1) is 5.92 Å². The van der Waals surface area contributed by atoms with Crippen LogP contribution in [0.5, 0.6) is 0 Å². The molecule has 0 unspecified atom stereocenters. The molecule has 2 atom stereocenters. The summed E-state index contributed by atoms with van der Waals surface area (Å²) < 4.78 is 0. The van der Waals surface area contributed by atoms with E-state index >= 15 is 0 Å². The molecule has 144 valence electrons. The van der Waals surface area contributed by atoms with Crippen LogP contribution in [0.1, 0.15) is 30.6 Å². The Labute approximate surface area is 168 Å². The molecule has 2 amide bonds. The number of nitrogens with one attached hydrogen (secondary N) is 2. The fourth-order valence-electron chi connectivity index (χ4n) is 2.67. The summed E-state index contributed by atoms with van der Waals surface area (Å²) in [6.07, 6.45) is 0.749. The van der Waals surface area contributed by atoms with E-state index in [4.69, 9.17) is 0 Å². The smallest absolute Gasteiger partial charge is 0.251 e. The number of hydrogen-bond acceptors (Lipinski definition) is 5. The number of benzene rings is 2. The zero-order valence-corrected chi connectivity index (χ0v) is 16.6. The van der Waals surface area contributed by atoms with Gasteiger partial charge in [-0.3, -0.25) is 14.9 Å². The topological polar surface area (TPSA) is 84.0 Å². The molecule has 2 aromatic carbocycles. The number of amides is 2. The Hall–Kier alpha value is -3.06. The van der Waals surface area contributed by atoms with Crippen LogP contribution < -0.4 is 10.6 Å². The van der Waals surface area contributed by atoms with Gasteiger partial charge < -0.3 is 5.32 Å². The minimum absolute atomic E-state index is 0.0332.